The van der Waals surface area contributed by atoms with Gasteiger partial charge in [0, 0.05) is 18.2 Å². The number of aryl methyl sites for hydroxylation is 1. The van der Waals surface area contributed by atoms with Crippen molar-refractivity contribution in [2.45, 2.75) is 26.7 Å². The topological polar surface area (TPSA) is 66.4 Å². The number of benzene rings is 1. The zero-order valence-corrected chi connectivity index (χ0v) is 12.4. The molecule has 4 heteroatoms. The molecule has 1 atom stereocenters. The number of carboxylic acid groups (broad SMARTS) is 1. The molecule has 0 heterocycles. The van der Waals surface area contributed by atoms with E-state index in [1.165, 1.54) is 18.9 Å². The summed E-state index contributed by atoms with van der Waals surface area (Å²) in [7, 11) is 0. The average Bonchev–Trinajstić information content (AvgIpc) is 3.28. The van der Waals surface area contributed by atoms with Crippen molar-refractivity contribution < 1.29 is 14.7 Å². The fraction of sp³-hybridized carbons (Fsp3) is 0.412. The summed E-state index contributed by atoms with van der Waals surface area (Å²) in [6.45, 7) is 4.73. The van der Waals surface area contributed by atoms with E-state index in [0.717, 1.165) is 17.6 Å². The van der Waals surface area contributed by atoms with Crippen molar-refractivity contribution in [3.63, 3.8) is 0 Å². The number of aliphatic carboxylic acids is 1. The van der Waals surface area contributed by atoms with E-state index in [4.69, 9.17) is 5.11 Å². The van der Waals surface area contributed by atoms with Crippen LogP contribution in [0.15, 0.2) is 24.3 Å². The molecule has 1 aliphatic carbocycles. The van der Waals surface area contributed by atoms with Gasteiger partial charge in [-0.3, -0.25) is 4.79 Å². The lowest BCUT2D eigenvalue weighted by Crippen LogP contribution is -2.29. The highest BCUT2D eigenvalue weighted by Gasteiger charge is 2.28. The molecule has 2 rings (SSSR count). The predicted octanol–water partition coefficient (Wildman–Crippen LogP) is 2.87. The Morgan fingerprint density at radius 2 is 2.14 bits per heavy atom. The molecule has 1 aromatic carbocycles. The van der Waals surface area contributed by atoms with Gasteiger partial charge in [-0.2, -0.15) is 0 Å². The standard InChI is InChI=1S/C17H21NO3/c1-11-3-4-13(5-8-16(19)20)9-15(11)17(21)18-10-12(2)14-6-7-14/h3-5,8-9,12,14H,6-7,10H2,1-2H3,(H,18,21)(H,19,20)/b8-5+. The van der Waals surface area contributed by atoms with Gasteiger partial charge in [-0.1, -0.05) is 19.1 Å². The van der Waals surface area contributed by atoms with Gasteiger partial charge in [-0.05, 0) is 54.9 Å². The van der Waals surface area contributed by atoms with Crippen molar-refractivity contribution in [3.8, 4) is 0 Å². The van der Waals surface area contributed by atoms with Crippen LogP contribution in [0.5, 0.6) is 0 Å². The van der Waals surface area contributed by atoms with Gasteiger partial charge in [-0.15, -0.1) is 0 Å². The molecule has 21 heavy (non-hydrogen) atoms. The van der Waals surface area contributed by atoms with E-state index in [-0.39, 0.29) is 5.91 Å². The highest BCUT2D eigenvalue weighted by Crippen LogP contribution is 2.36. The Morgan fingerprint density at radius 1 is 1.43 bits per heavy atom. The molecule has 0 spiro atoms. The first-order chi connectivity index (χ1) is 9.97. The van der Waals surface area contributed by atoms with Gasteiger partial charge < -0.3 is 10.4 Å². The van der Waals surface area contributed by atoms with Crippen LogP contribution < -0.4 is 5.32 Å². The second-order valence-electron chi connectivity index (χ2n) is 5.77. The highest BCUT2D eigenvalue weighted by molar-refractivity contribution is 5.96. The smallest absolute Gasteiger partial charge is 0.328 e. The second kappa shape index (κ2) is 6.57. The van der Waals surface area contributed by atoms with Crippen LogP contribution in [-0.4, -0.2) is 23.5 Å². The minimum Gasteiger partial charge on any atom is -0.478 e. The Morgan fingerprint density at radius 3 is 2.76 bits per heavy atom. The van der Waals surface area contributed by atoms with E-state index < -0.39 is 5.97 Å². The van der Waals surface area contributed by atoms with Crippen LogP contribution in [0.3, 0.4) is 0 Å². The molecule has 0 saturated heterocycles. The summed E-state index contributed by atoms with van der Waals surface area (Å²) < 4.78 is 0. The third-order valence-corrected chi connectivity index (χ3v) is 3.94. The highest BCUT2D eigenvalue weighted by atomic mass is 16.4. The molecule has 0 bridgehead atoms. The Kier molecular flexibility index (Phi) is 4.78. The molecule has 1 fully saturated rings. The molecular weight excluding hydrogens is 266 g/mol. The largest absolute Gasteiger partial charge is 0.478 e. The summed E-state index contributed by atoms with van der Waals surface area (Å²) in [6, 6.07) is 5.37. The molecule has 0 radical (unpaired) electrons. The van der Waals surface area contributed by atoms with Gasteiger partial charge in [0.15, 0.2) is 0 Å². The second-order valence-corrected chi connectivity index (χ2v) is 5.77. The van der Waals surface area contributed by atoms with E-state index >= 15 is 0 Å². The normalized spacial score (nSPS) is 15.9. The van der Waals surface area contributed by atoms with E-state index in [1.54, 1.807) is 12.1 Å². The maximum absolute atomic E-state index is 12.3. The van der Waals surface area contributed by atoms with Gasteiger partial charge in [0.2, 0.25) is 0 Å². The third kappa shape index (κ3) is 4.45. The Hall–Kier alpha value is -2.10. The summed E-state index contributed by atoms with van der Waals surface area (Å²) in [5.41, 5.74) is 2.20. The summed E-state index contributed by atoms with van der Waals surface area (Å²) in [4.78, 5) is 22.8. The number of amides is 1. The number of carbonyl (C=O) groups is 2. The van der Waals surface area contributed by atoms with Crippen molar-refractivity contribution in [1.29, 1.82) is 0 Å². The van der Waals surface area contributed by atoms with Crippen molar-refractivity contribution in [1.82, 2.24) is 5.32 Å². The minimum absolute atomic E-state index is 0.0921. The number of carbonyl (C=O) groups excluding carboxylic acids is 1. The summed E-state index contributed by atoms with van der Waals surface area (Å²) in [5, 5.41) is 11.6. The van der Waals surface area contributed by atoms with Gasteiger partial charge >= 0.3 is 5.97 Å². The van der Waals surface area contributed by atoms with Gasteiger partial charge in [0.05, 0.1) is 0 Å². The number of hydrogen-bond acceptors (Lipinski definition) is 2. The van der Waals surface area contributed by atoms with Gasteiger partial charge in [-0.25, -0.2) is 4.79 Å². The minimum atomic E-state index is -1.00. The quantitative estimate of drug-likeness (QED) is 0.791. The lowest BCUT2D eigenvalue weighted by Gasteiger charge is -2.13. The molecule has 1 aliphatic rings. The lowest BCUT2D eigenvalue weighted by atomic mass is 10.0. The van der Waals surface area contributed by atoms with Crippen LogP contribution in [0.2, 0.25) is 0 Å². The number of hydrogen-bond donors (Lipinski definition) is 2. The van der Waals surface area contributed by atoms with Crippen molar-refractivity contribution >= 4 is 18.0 Å². The fourth-order valence-electron chi connectivity index (χ4n) is 2.34. The van der Waals surface area contributed by atoms with Crippen LogP contribution in [0, 0.1) is 18.8 Å². The van der Waals surface area contributed by atoms with E-state index in [2.05, 4.69) is 12.2 Å². The predicted molar refractivity (Wildman–Crippen MR) is 82.1 cm³/mol. The number of carboxylic acids is 1. The zero-order valence-electron chi connectivity index (χ0n) is 12.4. The van der Waals surface area contributed by atoms with Crippen molar-refractivity contribution in [3.05, 3.63) is 41.0 Å². The molecule has 1 saturated carbocycles. The maximum atomic E-state index is 12.3. The van der Waals surface area contributed by atoms with Gasteiger partial charge in [0.25, 0.3) is 5.91 Å². The van der Waals surface area contributed by atoms with Crippen molar-refractivity contribution in [2.75, 3.05) is 6.54 Å². The molecule has 2 N–H and O–H groups in total. The van der Waals surface area contributed by atoms with Crippen LogP contribution in [0.25, 0.3) is 6.08 Å². The van der Waals surface area contributed by atoms with Gasteiger partial charge in [0.1, 0.15) is 0 Å². The van der Waals surface area contributed by atoms with Crippen LogP contribution >= 0.6 is 0 Å². The molecule has 0 aliphatic heterocycles. The summed E-state index contributed by atoms with van der Waals surface area (Å²) in [6.07, 6.45) is 5.10. The Balaban J connectivity index is 2.04. The lowest BCUT2D eigenvalue weighted by molar-refractivity contribution is -0.131. The Labute approximate surface area is 124 Å². The maximum Gasteiger partial charge on any atom is 0.328 e. The molecule has 1 unspecified atom stereocenters. The monoisotopic (exact) mass is 287 g/mol. The van der Waals surface area contributed by atoms with E-state index in [9.17, 15) is 9.59 Å². The first kappa shape index (κ1) is 15.3. The molecule has 0 aromatic heterocycles. The zero-order chi connectivity index (χ0) is 15.4. The SMILES string of the molecule is Cc1ccc(/C=C/C(=O)O)cc1C(=O)NCC(C)C1CC1. The fourth-order valence-corrected chi connectivity index (χ4v) is 2.34. The summed E-state index contributed by atoms with van der Waals surface area (Å²) >= 11 is 0. The van der Waals surface area contributed by atoms with Crippen molar-refractivity contribution in [2.24, 2.45) is 11.8 Å². The molecule has 1 aromatic rings. The van der Waals surface area contributed by atoms with E-state index in [0.29, 0.717) is 23.6 Å². The number of rotatable bonds is 6. The molecular formula is C17H21NO3. The first-order valence-electron chi connectivity index (χ1n) is 7.27. The third-order valence-electron chi connectivity index (χ3n) is 3.94. The van der Waals surface area contributed by atoms with Crippen LogP contribution in [-0.2, 0) is 4.79 Å². The summed E-state index contributed by atoms with van der Waals surface area (Å²) in [5.74, 6) is 0.186. The molecule has 1 amide bonds. The number of nitrogens with one attached hydrogen (secondary N) is 1. The van der Waals surface area contributed by atoms with Crippen LogP contribution in [0.4, 0.5) is 0 Å². The molecule has 4 nitrogen and oxygen atoms in total. The average molecular weight is 287 g/mol. The Bertz CT molecular complexity index is 573. The van der Waals surface area contributed by atoms with E-state index in [1.807, 2.05) is 13.0 Å². The molecule has 112 valence electrons. The first-order valence-corrected chi connectivity index (χ1v) is 7.27. The van der Waals surface area contributed by atoms with Crippen LogP contribution in [0.1, 0.15) is 41.3 Å².